The van der Waals surface area contributed by atoms with Crippen LogP contribution in [0.1, 0.15) is 36.2 Å². The Morgan fingerprint density at radius 2 is 2.12 bits per heavy atom. The number of carbonyl (C=O) groups is 2. The molecule has 0 spiro atoms. The Balaban J connectivity index is 1.40. The van der Waals surface area contributed by atoms with Gasteiger partial charge in [-0.15, -0.1) is 0 Å². The first kappa shape index (κ1) is 15.8. The number of hydrogen-bond donors (Lipinski definition) is 1. The van der Waals surface area contributed by atoms with Crippen molar-refractivity contribution in [2.45, 2.75) is 31.7 Å². The quantitative estimate of drug-likeness (QED) is 0.909. The van der Waals surface area contributed by atoms with E-state index in [1.807, 2.05) is 0 Å². The number of pyridine rings is 1. The molecule has 0 radical (unpaired) electrons. The molecule has 2 bridgehead atoms. The molecule has 2 aromatic rings. The molecule has 7 nitrogen and oxygen atoms in total. The number of aromatic nitrogens is 1. The van der Waals surface area contributed by atoms with Crippen LogP contribution in [0, 0.1) is 5.92 Å². The molecule has 6 heterocycles. The van der Waals surface area contributed by atoms with Crippen molar-refractivity contribution >= 4 is 28.5 Å². The smallest absolute Gasteiger partial charge is 0.270 e. The lowest BCUT2D eigenvalue weighted by molar-refractivity contribution is -0.117. The molecule has 1 N–H and O–H groups in total. The van der Waals surface area contributed by atoms with E-state index in [2.05, 4.69) is 15.2 Å². The Bertz CT molecular complexity index is 869. The van der Waals surface area contributed by atoms with Crippen molar-refractivity contribution in [3.8, 4) is 0 Å². The Hall–Kier alpha value is -2.41. The Morgan fingerprint density at radius 3 is 2.81 bits per heavy atom. The van der Waals surface area contributed by atoms with Crippen molar-refractivity contribution in [1.82, 2.24) is 15.2 Å². The van der Waals surface area contributed by atoms with E-state index >= 15 is 0 Å². The topological polar surface area (TPSA) is 78.7 Å². The summed E-state index contributed by atoms with van der Waals surface area (Å²) in [7, 11) is 0. The molecule has 4 fully saturated rings. The maximum Gasteiger partial charge on any atom is 0.270 e. The number of anilines is 1. The molecule has 4 aliphatic heterocycles. The summed E-state index contributed by atoms with van der Waals surface area (Å²) in [6.07, 6.45) is 6.88. The van der Waals surface area contributed by atoms with Crippen LogP contribution in [0.25, 0.3) is 11.0 Å². The Morgan fingerprint density at radius 1 is 1.27 bits per heavy atom. The lowest BCUT2D eigenvalue weighted by Gasteiger charge is -2.44. The Labute approximate surface area is 151 Å². The van der Waals surface area contributed by atoms with Crippen molar-refractivity contribution in [2.75, 3.05) is 31.1 Å². The fraction of sp³-hybridized carbons (Fsp3) is 0.526. The van der Waals surface area contributed by atoms with Gasteiger partial charge in [-0.1, -0.05) is 0 Å². The van der Waals surface area contributed by atoms with Gasteiger partial charge in [0.15, 0.2) is 5.58 Å². The van der Waals surface area contributed by atoms with Gasteiger partial charge in [0.2, 0.25) is 5.91 Å². The van der Waals surface area contributed by atoms with Crippen LogP contribution in [0.15, 0.2) is 22.9 Å². The number of fused-ring (bicyclic) bond motifs is 4. The zero-order valence-electron chi connectivity index (χ0n) is 14.6. The first-order chi connectivity index (χ1) is 12.7. The predicted octanol–water partition coefficient (Wildman–Crippen LogP) is 1.78. The third kappa shape index (κ3) is 2.58. The van der Waals surface area contributed by atoms with E-state index in [-0.39, 0.29) is 17.9 Å². The molecule has 136 valence electrons. The average molecular weight is 354 g/mol. The van der Waals surface area contributed by atoms with Crippen LogP contribution >= 0.6 is 0 Å². The van der Waals surface area contributed by atoms with E-state index in [1.54, 1.807) is 23.4 Å². The monoisotopic (exact) mass is 354 g/mol. The van der Waals surface area contributed by atoms with Gasteiger partial charge in [0.1, 0.15) is 12.0 Å². The molecule has 0 saturated carbocycles. The Kier molecular flexibility index (Phi) is 3.70. The maximum absolute atomic E-state index is 12.7. The zero-order chi connectivity index (χ0) is 17.7. The summed E-state index contributed by atoms with van der Waals surface area (Å²) in [6.45, 7) is 3.90. The molecule has 0 aromatic carbocycles. The minimum Gasteiger partial charge on any atom is -0.460 e. The number of nitrogens with one attached hydrogen (secondary N) is 1. The largest absolute Gasteiger partial charge is 0.460 e. The number of nitrogens with zero attached hydrogens (tertiary/aromatic N) is 3. The van der Waals surface area contributed by atoms with E-state index in [9.17, 15) is 9.59 Å². The molecule has 6 rings (SSSR count). The van der Waals surface area contributed by atoms with Gasteiger partial charge in [0.25, 0.3) is 5.91 Å². The van der Waals surface area contributed by atoms with Gasteiger partial charge in [-0.25, -0.2) is 4.98 Å². The van der Waals surface area contributed by atoms with Crippen LogP contribution in [0.5, 0.6) is 0 Å². The number of furan rings is 1. The summed E-state index contributed by atoms with van der Waals surface area (Å²) >= 11 is 0. The highest BCUT2D eigenvalue weighted by Crippen LogP contribution is 2.32. The molecule has 0 aliphatic carbocycles. The second-order valence-electron chi connectivity index (χ2n) is 7.55. The standard InChI is InChI=1S/C19H22N4O3/c24-18-2-1-5-23(18)16-11-26-17-9-20-14(8-13(16)17)19(25)21-15-10-22-6-3-12(15)4-7-22/h8-9,11-12,15H,1-7,10H2,(H,21,25)/t15-/m0/s1. The van der Waals surface area contributed by atoms with Crippen molar-refractivity contribution in [1.29, 1.82) is 0 Å². The van der Waals surface area contributed by atoms with Crippen LogP contribution in [0.4, 0.5) is 5.69 Å². The second kappa shape index (κ2) is 6.09. The van der Waals surface area contributed by atoms with Gasteiger partial charge in [-0.2, -0.15) is 0 Å². The van der Waals surface area contributed by atoms with Crippen LogP contribution in [0.3, 0.4) is 0 Å². The molecule has 7 heteroatoms. The number of carbonyl (C=O) groups excluding carboxylic acids is 2. The van der Waals surface area contributed by atoms with Crippen molar-refractivity contribution < 1.29 is 14.0 Å². The minimum absolute atomic E-state index is 0.0998. The van der Waals surface area contributed by atoms with Crippen LogP contribution < -0.4 is 10.2 Å². The lowest BCUT2D eigenvalue weighted by Crippen LogP contribution is -2.57. The van der Waals surface area contributed by atoms with Gasteiger partial charge in [0, 0.05) is 30.9 Å². The summed E-state index contributed by atoms with van der Waals surface area (Å²) in [5.74, 6) is 0.521. The minimum atomic E-state index is -0.148. The van der Waals surface area contributed by atoms with Crippen molar-refractivity contribution in [2.24, 2.45) is 5.92 Å². The van der Waals surface area contributed by atoms with E-state index < -0.39 is 0 Å². The zero-order valence-corrected chi connectivity index (χ0v) is 14.6. The van der Waals surface area contributed by atoms with E-state index in [4.69, 9.17) is 4.42 Å². The molecule has 4 saturated heterocycles. The second-order valence-corrected chi connectivity index (χ2v) is 7.55. The molecule has 26 heavy (non-hydrogen) atoms. The van der Waals surface area contributed by atoms with Gasteiger partial charge in [0.05, 0.1) is 11.9 Å². The van der Waals surface area contributed by atoms with Gasteiger partial charge < -0.3 is 19.5 Å². The summed E-state index contributed by atoms with van der Waals surface area (Å²) in [5.41, 5.74) is 1.71. The third-order valence-corrected chi connectivity index (χ3v) is 6.01. The number of amides is 2. The number of piperidine rings is 3. The fourth-order valence-corrected chi connectivity index (χ4v) is 4.53. The molecular formula is C19H22N4O3. The van der Waals surface area contributed by atoms with E-state index in [0.717, 1.165) is 50.0 Å². The summed E-state index contributed by atoms with van der Waals surface area (Å²) in [5, 5.41) is 3.94. The van der Waals surface area contributed by atoms with Gasteiger partial charge in [-0.05, 0) is 44.3 Å². The fourth-order valence-electron chi connectivity index (χ4n) is 4.53. The summed E-state index contributed by atoms with van der Waals surface area (Å²) in [6, 6.07) is 1.95. The van der Waals surface area contributed by atoms with Crippen molar-refractivity contribution in [3.05, 3.63) is 24.2 Å². The molecule has 4 aliphatic rings. The molecule has 2 amide bonds. The first-order valence-corrected chi connectivity index (χ1v) is 9.40. The molecular weight excluding hydrogens is 332 g/mol. The normalized spacial score (nSPS) is 28.1. The van der Waals surface area contributed by atoms with Crippen LogP contribution in [0.2, 0.25) is 0 Å². The van der Waals surface area contributed by atoms with E-state index in [1.165, 1.54) is 0 Å². The van der Waals surface area contributed by atoms with Gasteiger partial charge >= 0.3 is 0 Å². The first-order valence-electron chi connectivity index (χ1n) is 9.40. The highest BCUT2D eigenvalue weighted by Gasteiger charge is 2.35. The predicted molar refractivity (Wildman–Crippen MR) is 96.0 cm³/mol. The number of hydrogen-bond acceptors (Lipinski definition) is 5. The molecule has 2 aromatic heterocycles. The molecule has 1 atom stereocenters. The van der Waals surface area contributed by atoms with Crippen LogP contribution in [-0.2, 0) is 4.79 Å². The average Bonchev–Trinajstić information content (AvgIpc) is 3.27. The third-order valence-electron chi connectivity index (χ3n) is 6.01. The van der Waals surface area contributed by atoms with Gasteiger partial charge in [-0.3, -0.25) is 9.59 Å². The summed E-state index contributed by atoms with van der Waals surface area (Å²) in [4.78, 5) is 33.2. The molecule has 0 unspecified atom stereocenters. The summed E-state index contributed by atoms with van der Waals surface area (Å²) < 4.78 is 5.54. The SMILES string of the molecule is O=C(N[C@H]1CN2CCC1CC2)c1cc2c(N3CCCC3=O)coc2cn1. The van der Waals surface area contributed by atoms with Crippen LogP contribution in [-0.4, -0.2) is 53.9 Å². The lowest BCUT2D eigenvalue weighted by atomic mass is 9.84. The highest BCUT2D eigenvalue weighted by atomic mass is 16.3. The van der Waals surface area contributed by atoms with Crippen molar-refractivity contribution in [3.63, 3.8) is 0 Å². The maximum atomic E-state index is 12.7. The highest BCUT2D eigenvalue weighted by molar-refractivity contribution is 6.05. The number of rotatable bonds is 3. The van der Waals surface area contributed by atoms with E-state index in [0.29, 0.717) is 30.2 Å².